The second-order valence-corrected chi connectivity index (χ2v) is 8.01. The van der Waals surface area contributed by atoms with Crippen molar-refractivity contribution in [3.05, 3.63) is 63.0 Å². The van der Waals surface area contributed by atoms with Crippen LogP contribution in [0.3, 0.4) is 0 Å². The van der Waals surface area contributed by atoms with Crippen LogP contribution in [0.4, 0.5) is 0 Å². The standard InChI is InChI=1S/C18H12BrNO3S2/c19-13-8-15-14(22-10-23-15)6-12(13)7-16-17(21)20(18(24)25-16)9-11-4-2-1-3-5-11/h1-8H,9-10H2/b16-7+. The van der Waals surface area contributed by atoms with E-state index in [-0.39, 0.29) is 12.7 Å². The molecular weight excluding hydrogens is 422 g/mol. The van der Waals surface area contributed by atoms with Crippen molar-refractivity contribution in [2.75, 3.05) is 6.79 Å². The lowest BCUT2D eigenvalue weighted by atomic mass is 10.1. The van der Waals surface area contributed by atoms with Crippen molar-refractivity contribution in [3.63, 3.8) is 0 Å². The van der Waals surface area contributed by atoms with Crippen molar-refractivity contribution in [1.82, 2.24) is 4.90 Å². The van der Waals surface area contributed by atoms with Crippen LogP contribution in [0.25, 0.3) is 6.08 Å². The van der Waals surface area contributed by atoms with Gasteiger partial charge in [-0.25, -0.2) is 0 Å². The summed E-state index contributed by atoms with van der Waals surface area (Å²) < 4.78 is 12.2. The van der Waals surface area contributed by atoms with Crippen LogP contribution in [0.15, 0.2) is 51.8 Å². The first-order valence-electron chi connectivity index (χ1n) is 7.50. The quantitative estimate of drug-likeness (QED) is 0.523. The molecule has 0 unspecified atom stereocenters. The number of fused-ring (bicyclic) bond motifs is 1. The number of thioether (sulfide) groups is 1. The Morgan fingerprint density at radius 2 is 1.92 bits per heavy atom. The first-order chi connectivity index (χ1) is 12.1. The number of hydrogen-bond acceptors (Lipinski definition) is 5. The minimum Gasteiger partial charge on any atom is -0.454 e. The van der Waals surface area contributed by atoms with Gasteiger partial charge in [-0.1, -0.05) is 70.2 Å². The van der Waals surface area contributed by atoms with Crippen LogP contribution in [0.1, 0.15) is 11.1 Å². The Labute approximate surface area is 162 Å². The second-order valence-electron chi connectivity index (χ2n) is 5.48. The number of nitrogens with zero attached hydrogens (tertiary/aromatic N) is 1. The molecule has 0 spiro atoms. The van der Waals surface area contributed by atoms with Crippen molar-refractivity contribution in [3.8, 4) is 11.5 Å². The van der Waals surface area contributed by atoms with E-state index < -0.39 is 0 Å². The van der Waals surface area contributed by atoms with Gasteiger partial charge in [0.05, 0.1) is 11.4 Å². The maximum absolute atomic E-state index is 12.7. The first kappa shape index (κ1) is 16.6. The van der Waals surface area contributed by atoms with E-state index in [1.165, 1.54) is 11.8 Å². The van der Waals surface area contributed by atoms with Crippen molar-refractivity contribution in [2.45, 2.75) is 6.54 Å². The highest BCUT2D eigenvalue weighted by Gasteiger charge is 2.32. The number of benzene rings is 2. The minimum absolute atomic E-state index is 0.0802. The number of halogens is 1. The Morgan fingerprint density at radius 1 is 1.20 bits per heavy atom. The van der Waals surface area contributed by atoms with Crippen LogP contribution in [0, 0.1) is 0 Å². The summed E-state index contributed by atoms with van der Waals surface area (Å²) in [6, 6.07) is 13.5. The summed E-state index contributed by atoms with van der Waals surface area (Å²) in [6.45, 7) is 0.690. The van der Waals surface area contributed by atoms with Crippen LogP contribution >= 0.6 is 39.9 Å². The molecule has 4 rings (SSSR count). The summed E-state index contributed by atoms with van der Waals surface area (Å²) in [7, 11) is 0. The lowest BCUT2D eigenvalue weighted by Crippen LogP contribution is -2.27. The Kier molecular flexibility index (Phi) is 4.54. The van der Waals surface area contributed by atoms with Gasteiger partial charge in [0, 0.05) is 4.47 Å². The molecular formula is C18H12BrNO3S2. The van der Waals surface area contributed by atoms with Gasteiger partial charge in [0.15, 0.2) is 11.5 Å². The van der Waals surface area contributed by atoms with E-state index in [4.69, 9.17) is 21.7 Å². The van der Waals surface area contributed by atoms with Gasteiger partial charge >= 0.3 is 0 Å². The monoisotopic (exact) mass is 433 g/mol. The predicted molar refractivity (Wildman–Crippen MR) is 105 cm³/mol. The molecule has 1 saturated heterocycles. The number of carbonyl (C=O) groups excluding carboxylic acids is 1. The third kappa shape index (κ3) is 3.31. The molecule has 2 aromatic rings. The molecule has 7 heteroatoms. The van der Waals surface area contributed by atoms with Gasteiger partial charge in [0.25, 0.3) is 5.91 Å². The molecule has 4 nitrogen and oxygen atoms in total. The fraction of sp³-hybridized carbons (Fsp3) is 0.111. The first-order valence-corrected chi connectivity index (χ1v) is 9.52. The number of carbonyl (C=O) groups is 1. The molecule has 0 aromatic heterocycles. The number of thiocarbonyl (C=S) groups is 1. The highest BCUT2D eigenvalue weighted by molar-refractivity contribution is 9.10. The molecule has 0 bridgehead atoms. The third-order valence-corrected chi connectivity index (χ3v) is 5.90. The van der Waals surface area contributed by atoms with Gasteiger partial charge in [0.2, 0.25) is 6.79 Å². The molecule has 0 radical (unpaired) electrons. The van der Waals surface area contributed by atoms with E-state index in [2.05, 4.69) is 15.9 Å². The lowest BCUT2D eigenvalue weighted by Gasteiger charge is -2.14. The molecule has 2 aliphatic heterocycles. The zero-order valence-electron chi connectivity index (χ0n) is 12.9. The molecule has 126 valence electrons. The minimum atomic E-state index is -0.0802. The summed E-state index contributed by atoms with van der Waals surface area (Å²) in [6.07, 6.45) is 1.83. The summed E-state index contributed by atoms with van der Waals surface area (Å²) in [5.74, 6) is 1.29. The molecule has 0 N–H and O–H groups in total. The molecule has 0 aliphatic carbocycles. The smallest absolute Gasteiger partial charge is 0.266 e. The maximum atomic E-state index is 12.7. The van der Waals surface area contributed by atoms with E-state index >= 15 is 0 Å². The SMILES string of the molecule is O=C1/C(=C\c2cc3c(cc2Br)OCO3)SC(=S)N1Cc1ccccc1. The summed E-state index contributed by atoms with van der Waals surface area (Å²) in [4.78, 5) is 15.0. The van der Waals surface area contributed by atoms with E-state index in [0.29, 0.717) is 27.3 Å². The summed E-state index contributed by atoms with van der Waals surface area (Å²) >= 11 is 10.2. The molecule has 2 aromatic carbocycles. The normalized spacial score (nSPS) is 17.6. The molecule has 1 fully saturated rings. The van der Waals surface area contributed by atoms with Gasteiger partial charge in [-0.3, -0.25) is 9.69 Å². The van der Waals surface area contributed by atoms with Crippen LogP contribution in [-0.2, 0) is 11.3 Å². The average molecular weight is 434 g/mol. The Bertz CT molecular complexity index is 899. The average Bonchev–Trinajstić information content (AvgIpc) is 3.16. The summed E-state index contributed by atoms with van der Waals surface area (Å²) in [5, 5.41) is 0. The van der Waals surface area contributed by atoms with Crippen LogP contribution < -0.4 is 9.47 Å². The number of hydrogen-bond donors (Lipinski definition) is 0. The largest absolute Gasteiger partial charge is 0.454 e. The van der Waals surface area contributed by atoms with Gasteiger partial charge < -0.3 is 9.47 Å². The molecule has 25 heavy (non-hydrogen) atoms. The van der Waals surface area contributed by atoms with Gasteiger partial charge in [-0.15, -0.1) is 0 Å². The molecule has 0 saturated carbocycles. The van der Waals surface area contributed by atoms with Crippen LogP contribution in [0.2, 0.25) is 0 Å². The van der Waals surface area contributed by atoms with Crippen molar-refractivity contribution >= 4 is 56.2 Å². The van der Waals surface area contributed by atoms with E-state index in [1.54, 1.807) is 4.90 Å². The zero-order valence-corrected chi connectivity index (χ0v) is 16.1. The third-order valence-electron chi connectivity index (χ3n) is 3.84. The summed E-state index contributed by atoms with van der Waals surface area (Å²) in [5.41, 5.74) is 1.90. The lowest BCUT2D eigenvalue weighted by molar-refractivity contribution is -0.122. The highest BCUT2D eigenvalue weighted by atomic mass is 79.9. The number of rotatable bonds is 3. The molecule has 2 aliphatic rings. The topological polar surface area (TPSA) is 38.8 Å². The van der Waals surface area contributed by atoms with E-state index in [9.17, 15) is 4.79 Å². The van der Waals surface area contributed by atoms with Crippen LogP contribution in [0.5, 0.6) is 11.5 Å². The van der Waals surface area contributed by atoms with Crippen molar-refractivity contribution in [1.29, 1.82) is 0 Å². The Balaban J connectivity index is 1.60. The van der Waals surface area contributed by atoms with Gasteiger partial charge in [-0.2, -0.15) is 0 Å². The van der Waals surface area contributed by atoms with Crippen molar-refractivity contribution in [2.24, 2.45) is 0 Å². The fourth-order valence-corrected chi connectivity index (χ4v) is 4.27. The Hall–Kier alpha value is -1.83. The van der Waals surface area contributed by atoms with E-state index in [0.717, 1.165) is 15.6 Å². The molecule has 0 atom stereocenters. The van der Waals surface area contributed by atoms with E-state index in [1.807, 2.05) is 48.5 Å². The number of amides is 1. The van der Waals surface area contributed by atoms with Crippen LogP contribution in [-0.4, -0.2) is 21.9 Å². The molecule has 1 amide bonds. The second kappa shape index (κ2) is 6.82. The maximum Gasteiger partial charge on any atom is 0.266 e. The Morgan fingerprint density at radius 3 is 2.68 bits per heavy atom. The fourth-order valence-electron chi connectivity index (χ4n) is 2.59. The molecule has 2 heterocycles. The highest BCUT2D eigenvalue weighted by Crippen LogP contribution is 2.40. The number of ether oxygens (including phenoxy) is 2. The predicted octanol–water partition coefficient (Wildman–Crippen LogP) is 4.58. The van der Waals surface area contributed by atoms with Gasteiger partial charge in [0.1, 0.15) is 4.32 Å². The van der Waals surface area contributed by atoms with Gasteiger partial charge in [-0.05, 0) is 29.3 Å². The van der Waals surface area contributed by atoms with Crippen molar-refractivity contribution < 1.29 is 14.3 Å². The zero-order chi connectivity index (χ0) is 17.4.